The van der Waals surface area contributed by atoms with Crippen LogP contribution in [-0.4, -0.2) is 5.78 Å². The molecular weight excluding hydrogens is 296 g/mol. The van der Waals surface area contributed by atoms with Gasteiger partial charge >= 0.3 is 0 Å². The van der Waals surface area contributed by atoms with Crippen molar-refractivity contribution in [3.05, 3.63) is 70.8 Å². The number of hydrogen-bond acceptors (Lipinski definition) is 1. The van der Waals surface area contributed by atoms with Crippen molar-refractivity contribution in [3.8, 4) is 0 Å². The lowest BCUT2D eigenvalue weighted by atomic mass is 10.0. The number of Topliss-reactive ketones (excluding diaryl/α,β-unsaturated/α-hetero) is 1. The number of benzene rings is 2. The molecule has 22 heavy (non-hydrogen) atoms. The van der Waals surface area contributed by atoms with Gasteiger partial charge in [-0.15, -0.1) is 0 Å². The average molecular weight is 310 g/mol. The second kappa shape index (κ2) is 7.20. The molecule has 2 aromatic carbocycles. The van der Waals surface area contributed by atoms with Crippen LogP contribution in [0.25, 0.3) is 0 Å². The van der Waals surface area contributed by atoms with E-state index in [-0.39, 0.29) is 42.6 Å². The minimum Gasteiger partial charge on any atom is -0.300 e. The van der Waals surface area contributed by atoms with Crippen LogP contribution >= 0.6 is 0 Å². The molecule has 0 saturated carbocycles. The van der Waals surface area contributed by atoms with E-state index >= 15 is 0 Å². The van der Waals surface area contributed by atoms with E-state index in [9.17, 15) is 22.4 Å². The monoisotopic (exact) mass is 310 g/mol. The van der Waals surface area contributed by atoms with Gasteiger partial charge in [0.05, 0.1) is 0 Å². The van der Waals surface area contributed by atoms with Crippen LogP contribution in [0.15, 0.2) is 36.4 Å². The number of rotatable bonds is 6. The number of halogens is 4. The first-order valence-corrected chi connectivity index (χ1v) is 6.86. The van der Waals surface area contributed by atoms with E-state index in [1.54, 1.807) is 0 Å². The van der Waals surface area contributed by atoms with Crippen molar-refractivity contribution < 1.29 is 22.4 Å². The molecule has 0 bridgehead atoms. The third kappa shape index (κ3) is 3.93. The van der Waals surface area contributed by atoms with Crippen molar-refractivity contribution in [1.29, 1.82) is 0 Å². The van der Waals surface area contributed by atoms with Crippen molar-refractivity contribution >= 4 is 5.78 Å². The summed E-state index contributed by atoms with van der Waals surface area (Å²) in [6.07, 6.45) is 0.205. The number of carbonyl (C=O) groups is 1. The lowest BCUT2D eigenvalue weighted by Crippen LogP contribution is -2.05. The molecule has 0 heterocycles. The zero-order chi connectivity index (χ0) is 16.1. The molecule has 2 rings (SSSR count). The van der Waals surface area contributed by atoms with Gasteiger partial charge in [-0.25, -0.2) is 17.6 Å². The molecule has 116 valence electrons. The number of aryl methyl sites for hydroxylation is 2. The van der Waals surface area contributed by atoms with Crippen LogP contribution in [0.3, 0.4) is 0 Å². The molecular formula is C17H14F4O. The fraction of sp³-hybridized carbons (Fsp3) is 0.235. The van der Waals surface area contributed by atoms with Gasteiger partial charge in [-0.3, -0.25) is 4.79 Å². The topological polar surface area (TPSA) is 17.1 Å². The fourth-order valence-corrected chi connectivity index (χ4v) is 2.16. The third-order valence-corrected chi connectivity index (χ3v) is 3.41. The van der Waals surface area contributed by atoms with Gasteiger partial charge in [0.25, 0.3) is 0 Å². The first-order valence-electron chi connectivity index (χ1n) is 6.86. The molecule has 5 heteroatoms. The predicted molar refractivity (Wildman–Crippen MR) is 74.4 cm³/mol. The van der Waals surface area contributed by atoms with Gasteiger partial charge < -0.3 is 0 Å². The van der Waals surface area contributed by atoms with Crippen LogP contribution in [0.2, 0.25) is 0 Å². The molecule has 0 saturated heterocycles. The zero-order valence-electron chi connectivity index (χ0n) is 11.7. The van der Waals surface area contributed by atoms with Crippen LogP contribution in [0, 0.1) is 23.3 Å². The number of hydrogen-bond donors (Lipinski definition) is 0. The highest BCUT2D eigenvalue weighted by Crippen LogP contribution is 2.16. The summed E-state index contributed by atoms with van der Waals surface area (Å²) in [5, 5.41) is 0. The average Bonchev–Trinajstić information content (AvgIpc) is 2.50. The second-order valence-electron chi connectivity index (χ2n) is 4.96. The number of ketones is 1. The SMILES string of the molecule is O=C(CCc1cccc(F)c1F)CCc1cccc(F)c1F. The van der Waals surface area contributed by atoms with Gasteiger partial charge in [-0.2, -0.15) is 0 Å². The molecule has 1 nitrogen and oxygen atoms in total. The quantitative estimate of drug-likeness (QED) is 0.724. The summed E-state index contributed by atoms with van der Waals surface area (Å²) in [7, 11) is 0. The summed E-state index contributed by atoms with van der Waals surface area (Å²) < 4.78 is 52.9. The van der Waals surface area contributed by atoms with Crippen LogP contribution < -0.4 is 0 Å². The summed E-state index contributed by atoms with van der Waals surface area (Å²) in [6, 6.07) is 7.59. The van der Waals surface area contributed by atoms with Crippen LogP contribution in [0.4, 0.5) is 17.6 Å². The molecule has 0 spiro atoms. The molecule has 0 fully saturated rings. The Morgan fingerprint density at radius 3 is 1.55 bits per heavy atom. The highest BCUT2D eigenvalue weighted by atomic mass is 19.2. The molecule has 0 aliphatic rings. The second-order valence-corrected chi connectivity index (χ2v) is 4.96. The molecule has 0 radical (unpaired) electrons. The third-order valence-electron chi connectivity index (χ3n) is 3.41. The molecule has 0 aliphatic carbocycles. The van der Waals surface area contributed by atoms with Gasteiger partial charge in [0.2, 0.25) is 0 Å². The van der Waals surface area contributed by atoms with Gasteiger partial charge in [0.1, 0.15) is 5.78 Å². The minimum atomic E-state index is -0.952. The lowest BCUT2D eigenvalue weighted by Gasteiger charge is -2.05. The standard InChI is InChI=1S/C17H14F4O/c18-14-5-1-3-11(16(14)20)7-9-13(22)10-8-12-4-2-6-15(19)17(12)21/h1-6H,7-10H2. The van der Waals surface area contributed by atoms with E-state index < -0.39 is 23.3 Å². The molecule has 2 aromatic rings. The van der Waals surface area contributed by atoms with Crippen LogP contribution in [0.5, 0.6) is 0 Å². The molecule has 0 unspecified atom stereocenters. The summed E-state index contributed by atoms with van der Waals surface area (Å²) in [5.41, 5.74) is 0.260. The van der Waals surface area contributed by atoms with E-state index in [4.69, 9.17) is 0 Å². The Labute approximate surface area is 125 Å². The van der Waals surface area contributed by atoms with E-state index in [0.717, 1.165) is 12.1 Å². The Morgan fingerprint density at radius 2 is 1.14 bits per heavy atom. The van der Waals surface area contributed by atoms with Gasteiger partial charge in [0.15, 0.2) is 23.3 Å². The van der Waals surface area contributed by atoms with Crippen molar-refractivity contribution in [1.82, 2.24) is 0 Å². The van der Waals surface area contributed by atoms with Crippen molar-refractivity contribution in [2.75, 3.05) is 0 Å². The van der Waals surface area contributed by atoms with E-state index in [1.165, 1.54) is 24.3 Å². The fourth-order valence-electron chi connectivity index (χ4n) is 2.16. The Bertz CT molecular complexity index is 625. The normalized spacial score (nSPS) is 10.7. The van der Waals surface area contributed by atoms with E-state index in [1.807, 2.05) is 0 Å². The number of carbonyl (C=O) groups excluding carboxylic acids is 1. The Balaban J connectivity index is 1.88. The molecule has 0 amide bonds. The Kier molecular flexibility index (Phi) is 5.31. The van der Waals surface area contributed by atoms with Crippen molar-refractivity contribution in [2.24, 2.45) is 0 Å². The van der Waals surface area contributed by atoms with Gasteiger partial charge in [-0.05, 0) is 36.1 Å². The molecule has 0 aliphatic heterocycles. The summed E-state index contributed by atoms with van der Waals surface area (Å²) in [6.45, 7) is 0. The Hall–Kier alpha value is -2.17. The zero-order valence-corrected chi connectivity index (χ0v) is 11.7. The molecule has 0 N–H and O–H groups in total. The Morgan fingerprint density at radius 1 is 0.727 bits per heavy atom. The maximum absolute atomic E-state index is 13.4. The highest BCUT2D eigenvalue weighted by molar-refractivity contribution is 5.78. The smallest absolute Gasteiger partial charge is 0.162 e. The van der Waals surface area contributed by atoms with Gasteiger partial charge in [-0.1, -0.05) is 24.3 Å². The summed E-state index contributed by atoms with van der Waals surface area (Å²) in [5.74, 6) is -4.02. The van der Waals surface area contributed by atoms with E-state index in [2.05, 4.69) is 0 Å². The van der Waals surface area contributed by atoms with Gasteiger partial charge in [0, 0.05) is 12.8 Å². The predicted octanol–water partition coefficient (Wildman–Crippen LogP) is 4.38. The molecule has 0 aromatic heterocycles. The van der Waals surface area contributed by atoms with Crippen molar-refractivity contribution in [3.63, 3.8) is 0 Å². The van der Waals surface area contributed by atoms with Crippen molar-refractivity contribution in [2.45, 2.75) is 25.7 Å². The summed E-state index contributed by atoms with van der Waals surface area (Å²) >= 11 is 0. The first kappa shape index (κ1) is 16.2. The van der Waals surface area contributed by atoms with E-state index in [0.29, 0.717) is 0 Å². The molecule has 0 atom stereocenters. The maximum atomic E-state index is 13.4. The first-order chi connectivity index (χ1) is 10.5. The minimum absolute atomic E-state index is 0.0251. The maximum Gasteiger partial charge on any atom is 0.162 e. The largest absolute Gasteiger partial charge is 0.300 e. The lowest BCUT2D eigenvalue weighted by molar-refractivity contribution is -0.119. The highest BCUT2D eigenvalue weighted by Gasteiger charge is 2.12. The summed E-state index contributed by atoms with van der Waals surface area (Å²) in [4.78, 5) is 11.7. The van der Waals surface area contributed by atoms with Crippen LogP contribution in [-0.2, 0) is 17.6 Å². The van der Waals surface area contributed by atoms with Crippen LogP contribution in [0.1, 0.15) is 24.0 Å².